The highest BCUT2D eigenvalue weighted by Gasteiger charge is 2.30. The largest absolute Gasteiger partial charge is 0.271 e. The van der Waals surface area contributed by atoms with E-state index in [9.17, 15) is 0 Å². The van der Waals surface area contributed by atoms with E-state index in [1.54, 1.807) is 0 Å². The van der Waals surface area contributed by atoms with Crippen LogP contribution in [0.3, 0.4) is 0 Å². The van der Waals surface area contributed by atoms with Gasteiger partial charge in [0.05, 0.1) is 0 Å². The van der Waals surface area contributed by atoms with Crippen LogP contribution < -0.4 is 11.3 Å². The van der Waals surface area contributed by atoms with E-state index < -0.39 is 0 Å². The molecule has 0 aromatic rings. The van der Waals surface area contributed by atoms with Gasteiger partial charge in [0.2, 0.25) is 0 Å². The van der Waals surface area contributed by atoms with Crippen LogP contribution in [0.15, 0.2) is 0 Å². The molecule has 0 bridgehead atoms. The van der Waals surface area contributed by atoms with E-state index in [4.69, 9.17) is 5.84 Å². The lowest BCUT2D eigenvalue weighted by Crippen LogP contribution is -2.37. The number of hydrogen-bond donors (Lipinski definition) is 2. The summed E-state index contributed by atoms with van der Waals surface area (Å²) < 4.78 is 0. The minimum Gasteiger partial charge on any atom is -0.271 e. The number of rotatable bonds is 4. The lowest BCUT2D eigenvalue weighted by atomic mass is 10.0. The summed E-state index contributed by atoms with van der Waals surface area (Å²) in [5, 5.41) is 0. The van der Waals surface area contributed by atoms with Crippen LogP contribution in [0.2, 0.25) is 0 Å². The van der Waals surface area contributed by atoms with Crippen molar-refractivity contribution < 1.29 is 0 Å². The third-order valence-electron chi connectivity index (χ3n) is 2.13. The molecule has 0 amide bonds. The summed E-state index contributed by atoms with van der Waals surface area (Å²) in [6.45, 7) is 4.49. The molecule has 0 radical (unpaired) electrons. The Morgan fingerprint density at radius 3 is 2.40 bits per heavy atom. The van der Waals surface area contributed by atoms with E-state index in [0.29, 0.717) is 6.04 Å². The Labute approximate surface area is 63.1 Å². The van der Waals surface area contributed by atoms with Gasteiger partial charge in [0, 0.05) is 6.04 Å². The van der Waals surface area contributed by atoms with Gasteiger partial charge in [-0.25, -0.2) is 0 Å². The lowest BCUT2D eigenvalue weighted by molar-refractivity contribution is 0.390. The molecule has 0 aromatic carbocycles. The number of nitrogens with one attached hydrogen (secondary N) is 1. The van der Waals surface area contributed by atoms with Gasteiger partial charge >= 0.3 is 0 Å². The highest BCUT2D eigenvalue weighted by atomic mass is 15.2. The SMILES string of the molecule is CC(C)CC(NN)C1CC1. The van der Waals surface area contributed by atoms with E-state index >= 15 is 0 Å². The summed E-state index contributed by atoms with van der Waals surface area (Å²) >= 11 is 0. The Morgan fingerprint density at radius 1 is 1.50 bits per heavy atom. The van der Waals surface area contributed by atoms with Gasteiger partial charge in [-0.05, 0) is 31.1 Å². The summed E-state index contributed by atoms with van der Waals surface area (Å²) in [5.41, 5.74) is 2.90. The monoisotopic (exact) mass is 142 g/mol. The van der Waals surface area contributed by atoms with Crippen LogP contribution in [0.1, 0.15) is 33.1 Å². The fourth-order valence-electron chi connectivity index (χ4n) is 1.40. The van der Waals surface area contributed by atoms with Gasteiger partial charge < -0.3 is 0 Å². The zero-order chi connectivity index (χ0) is 7.56. The molecule has 3 N–H and O–H groups in total. The van der Waals surface area contributed by atoms with Crippen molar-refractivity contribution in [3.05, 3.63) is 0 Å². The van der Waals surface area contributed by atoms with Crippen molar-refractivity contribution >= 4 is 0 Å². The highest BCUT2D eigenvalue weighted by molar-refractivity contribution is 4.85. The first-order valence-corrected chi connectivity index (χ1v) is 4.20. The van der Waals surface area contributed by atoms with Crippen molar-refractivity contribution in [2.45, 2.75) is 39.2 Å². The second kappa shape index (κ2) is 3.35. The molecule has 0 heterocycles. The molecule has 0 aromatic heterocycles. The van der Waals surface area contributed by atoms with E-state index in [1.807, 2.05) is 0 Å². The molecule has 1 fully saturated rings. The van der Waals surface area contributed by atoms with Gasteiger partial charge in [-0.3, -0.25) is 11.3 Å². The van der Waals surface area contributed by atoms with Crippen molar-refractivity contribution in [2.24, 2.45) is 17.7 Å². The Bertz CT molecular complexity index is 97.4. The maximum Gasteiger partial charge on any atom is 0.0241 e. The second-order valence-corrected chi connectivity index (χ2v) is 3.74. The van der Waals surface area contributed by atoms with Crippen LogP contribution in [0, 0.1) is 11.8 Å². The molecule has 2 heteroatoms. The van der Waals surface area contributed by atoms with Crippen molar-refractivity contribution in [1.82, 2.24) is 5.43 Å². The van der Waals surface area contributed by atoms with Crippen LogP contribution in [0.25, 0.3) is 0 Å². The Kier molecular flexibility index (Phi) is 2.69. The standard InChI is InChI=1S/C8H18N2/c1-6(2)5-8(10-9)7-3-4-7/h6-8,10H,3-5,9H2,1-2H3. The molecule has 0 spiro atoms. The first-order valence-electron chi connectivity index (χ1n) is 4.20. The minimum atomic E-state index is 0.583. The quantitative estimate of drug-likeness (QED) is 0.458. The number of hydrogen-bond acceptors (Lipinski definition) is 2. The summed E-state index contributed by atoms with van der Waals surface area (Å²) in [6.07, 6.45) is 3.98. The zero-order valence-corrected chi connectivity index (χ0v) is 6.93. The third kappa shape index (κ3) is 2.27. The molecule has 2 nitrogen and oxygen atoms in total. The predicted molar refractivity (Wildman–Crippen MR) is 43.3 cm³/mol. The maximum absolute atomic E-state index is 5.41. The first kappa shape index (κ1) is 8.02. The van der Waals surface area contributed by atoms with Crippen LogP contribution in [-0.2, 0) is 0 Å². The zero-order valence-electron chi connectivity index (χ0n) is 6.93. The molecule has 1 aliphatic carbocycles. The second-order valence-electron chi connectivity index (χ2n) is 3.74. The molecule has 1 unspecified atom stereocenters. The lowest BCUT2D eigenvalue weighted by Gasteiger charge is -2.16. The summed E-state index contributed by atoms with van der Waals surface area (Å²) in [7, 11) is 0. The predicted octanol–water partition coefficient (Wildman–Crippen LogP) is 1.27. The van der Waals surface area contributed by atoms with Crippen LogP contribution in [0.5, 0.6) is 0 Å². The Morgan fingerprint density at radius 2 is 2.10 bits per heavy atom. The topological polar surface area (TPSA) is 38.0 Å². The van der Waals surface area contributed by atoms with Gasteiger partial charge in [-0.15, -0.1) is 0 Å². The van der Waals surface area contributed by atoms with Gasteiger partial charge in [0.15, 0.2) is 0 Å². The van der Waals surface area contributed by atoms with Crippen molar-refractivity contribution in [3.8, 4) is 0 Å². The molecule has 1 atom stereocenters. The summed E-state index contributed by atoms with van der Waals surface area (Å²) in [4.78, 5) is 0. The molecular weight excluding hydrogens is 124 g/mol. The Balaban J connectivity index is 2.19. The molecule has 0 saturated heterocycles. The van der Waals surface area contributed by atoms with Crippen LogP contribution in [-0.4, -0.2) is 6.04 Å². The smallest absolute Gasteiger partial charge is 0.0241 e. The van der Waals surface area contributed by atoms with E-state index in [-0.39, 0.29) is 0 Å². The molecule has 1 rings (SSSR count). The van der Waals surface area contributed by atoms with Crippen molar-refractivity contribution in [1.29, 1.82) is 0 Å². The molecular formula is C8H18N2. The van der Waals surface area contributed by atoms with Gasteiger partial charge in [0.25, 0.3) is 0 Å². The van der Waals surface area contributed by atoms with E-state index in [0.717, 1.165) is 11.8 Å². The normalized spacial score (nSPS) is 21.6. The van der Waals surface area contributed by atoms with Crippen LogP contribution >= 0.6 is 0 Å². The summed E-state index contributed by atoms with van der Waals surface area (Å²) in [6, 6.07) is 0.583. The van der Waals surface area contributed by atoms with E-state index in [2.05, 4.69) is 19.3 Å². The molecule has 1 saturated carbocycles. The number of hydrazine groups is 1. The van der Waals surface area contributed by atoms with Crippen molar-refractivity contribution in [2.75, 3.05) is 0 Å². The summed E-state index contributed by atoms with van der Waals surface area (Å²) in [5.74, 6) is 7.06. The number of nitrogens with two attached hydrogens (primary N) is 1. The van der Waals surface area contributed by atoms with Gasteiger partial charge in [0.1, 0.15) is 0 Å². The van der Waals surface area contributed by atoms with Crippen LogP contribution in [0.4, 0.5) is 0 Å². The molecule has 10 heavy (non-hydrogen) atoms. The fourth-order valence-corrected chi connectivity index (χ4v) is 1.40. The maximum atomic E-state index is 5.41. The van der Waals surface area contributed by atoms with Crippen molar-refractivity contribution in [3.63, 3.8) is 0 Å². The molecule has 60 valence electrons. The van der Waals surface area contributed by atoms with Gasteiger partial charge in [-0.2, -0.15) is 0 Å². The Hall–Kier alpha value is -0.0800. The molecule has 1 aliphatic rings. The minimum absolute atomic E-state index is 0.583. The van der Waals surface area contributed by atoms with Gasteiger partial charge in [-0.1, -0.05) is 13.8 Å². The average molecular weight is 142 g/mol. The average Bonchev–Trinajstić information content (AvgIpc) is 2.63. The van der Waals surface area contributed by atoms with E-state index in [1.165, 1.54) is 19.3 Å². The highest BCUT2D eigenvalue weighted by Crippen LogP contribution is 2.34. The fraction of sp³-hybridized carbons (Fsp3) is 1.00. The molecule has 0 aliphatic heterocycles. The third-order valence-corrected chi connectivity index (χ3v) is 2.13. The first-order chi connectivity index (χ1) is 4.74.